The number of rotatable bonds is 6. The van der Waals surface area contributed by atoms with Crippen LogP contribution < -0.4 is 5.32 Å². The van der Waals surface area contributed by atoms with E-state index in [0.29, 0.717) is 6.04 Å². The molecule has 4 aromatic rings. The van der Waals surface area contributed by atoms with Gasteiger partial charge in [0.2, 0.25) is 0 Å². The van der Waals surface area contributed by atoms with Crippen LogP contribution in [0.4, 0.5) is 10.8 Å². The fourth-order valence-corrected chi connectivity index (χ4v) is 4.11. The summed E-state index contributed by atoms with van der Waals surface area (Å²) >= 11 is 1.67. The molecule has 0 aliphatic heterocycles. The number of fused-ring (bicyclic) bond motifs is 1. The number of anilines is 2. The zero-order valence-corrected chi connectivity index (χ0v) is 16.5. The second-order valence-electron chi connectivity index (χ2n) is 6.89. The highest BCUT2D eigenvalue weighted by atomic mass is 32.1. The van der Waals surface area contributed by atoms with E-state index in [1.807, 2.05) is 36.9 Å². The van der Waals surface area contributed by atoms with E-state index in [2.05, 4.69) is 76.1 Å². The molecule has 0 saturated heterocycles. The lowest BCUT2D eigenvalue weighted by atomic mass is 9.99. The molecule has 6 heteroatoms. The van der Waals surface area contributed by atoms with Gasteiger partial charge in [-0.3, -0.25) is 0 Å². The molecular formula is C21H23N5S. The van der Waals surface area contributed by atoms with Gasteiger partial charge < -0.3 is 14.8 Å². The molecule has 138 valence electrons. The second kappa shape index (κ2) is 7.50. The molecule has 0 aliphatic rings. The highest BCUT2D eigenvalue weighted by molar-refractivity contribution is 7.22. The van der Waals surface area contributed by atoms with Crippen molar-refractivity contribution in [2.45, 2.75) is 19.0 Å². The minimum atomic E-state index is 0.207. The van der Waals surface area contributed by atoms with Crippen LogP contribution in [0.15, 0.2) is 67.3 Å². The Morgan fingerprint density at radius 1 is 1.07 bits per heavy atom. The first kappa shape index (κ1) is 17.7. The quantitative estimate of drug-likeness (QED) is 0.525. The van der Waals surface area contributed by atoms with Crippen LogP contribution in [0.1, 0.15) is 18.5 Å². The van der Waals surface area contributed by atoms with Gasteiger partial charge in [0.25, 0.3) is 0 Å². The monoisotopic (exact) mass is 377 g/mol. The Kier molecular flexibility index (Phi) is 4.92. The molecule has 2 aromatic carbocycles. The summed E-state index contributed by atoms with van der Waals surface area (Å²) in [5, 5.41) is 4.34. The van der Waals surface area contributed by atoms with Crippen molar-refractivity contribution in [1.82, 2.24) is 19.4 Å². The minimum absolute atomic E-state index is 0.207. The predicted molar refractivity (Wildman–Crippen MR) is 113 cm³/mol. The summed E-state index contributed by atoms with van der Waals surface area (Å²) in [4.78, 5) is 11.1. The number of hydrogen-bond acceptors (Lipinski definition) is 5. The molecule has 2 aromatic heterocycles. The molecule has 0 fully saturated rings. The van der Waals surface area contributed by atoms with E-state index in [1.165, 1.54) is 10.3 Å². The Morgan fingerprint density at radius 3 is 2.52 bits per heavy atom. The predicted octanol–water partition coefficient (Wildman–Crippen LogP) is 4.78. The van der Waals surface area contributed by atoms with E-state index in [9.17, 15) is 0 Å². The average molecular weight is 378 g/mol. The first-order valence-electron chi connectivity index (χ1n) is 8.98. The number of aromatic nitrogens is 3. The van der Waals surface area contributed by atoms with Crippen LogP contribution in [0.2, 0.25) is 0 Å². The molecule has 0 bridgehead atoms. The maximum absolute atomic E-state index is 4.65. The minimum Gasteiger partial charge on any atom is -0.332 e. The van der Waals surface area contributed by atoms with Crippen molar-refractivity contribution in [3.8, 4) is 0 Å². The van der Waals surface area contributed by atoms with E-state index < -0.39 is 0 Å². The standard InChI is InChI=1S/C21H23N5S/c1-15(25(2)3)20(26-13-12-22-14-26)16-8-10-17(11-9-16)23-21-24-18-6-4-5-7-19(18)27-21/h4-15,20H,1-3H3,(H,23,24)/t15?,20-/m1/s1. The lowest BCUT2D eigenvalue weighted by Crippen LogP contribution is -2.34. The average Bonchev–Trinajstić information content (AvgIpc) is 3.32. The Balaban J connectivity index is 1.58. The molecule has 1 N–H and O–H groups in total. The number of nitrogens with zero attached hydrogens (tertiary/aromatic N) is 4. The van der Waals surface area contributed by atoms with Crippen molar-refractivity contribution in [2.75, 3.05) is 19.4 Å². The van der Waals surface area contributed by atoms with Gasteiger partial charge in [0.1, 0.15) is 0 Å². The van der Waals surface area contributed by atoms with Crippen molar-refractivity contribution < 1.29 is 0 Å². The number of para-hydroxylation sites is 1. The van der Waals surface area contributed by atoms with Gasteiger partial charge in [-0.15, -0.1) is 0 Å². The van der Waals surface area contributed by atoms with Crippen LogP contribution in [0.3, 0.4) is 0 Å². The highest BCUT2D eigenvalue weighted by Crippen LogP contribution is 2.30. The normalized spacial score (nSPS) is 13.8. The van der Waals surface area contributed by atoms with Gasteiger partial charge in [-0.2, -0.15) is 0 Å². The number of hydrogen-bond donors (Lipinski definition) is 1. The van der Waals surface area contributed by atoms with Crippen molar-refractivity contribution in [1.29, 1.82) is 0 Å². The molecule has 27 heavy (non-hydrogen) atoms. The lowest BCUT2D eigenvalue weighted by molar-refractivity contribution is 0.252. The van der Waals surface area contributed by atoms with E-state index in [0.717, 1.165) is 16.3 Å². The first-order valence-corrected chi connectivity index (χ1v) is 9.80. The van der Waals surface area contributed by atoms with Gasteiger partial charge in [-0.05, 0) is 50.8 Å². The summed E-state index contributed by atoms with van der Waals surface area (Å²) < 4.78 is 3.36. The molecule has 5 nitrogen and oxygen atoms in total. The van der Waals surface area contributed by atoms with E-state index in [4.69, 9.17) is 0 Å². The zero-order valence-electron chi connectivity index (χ0n) is 15.7. The molecule has 4 rings (SSSR count). The summed E-state index contributed by atoms with van der Waals surface area (Å²) in [6, 6.07) is 17.3. The van der Waals surface area contributed by atoms with Crippen LogP contribution in [0.25, 0.3) is 10.2 Å². The summed E-state index contributed by atoms with van der Waals surface area (Å²) in [6.45, 7) is 2.23. The second-order valence-corrected chi connectivity index (χ2v) is 7.92. The Bertz CT molecular complexity index is 972. The summed E-state index contributed by atoms with van der Waals surface area (Å²) in [5.74, 6) is 0. The molecule has 0 saturated carbocycles. The van der Waals surface area contributed by atoms with E-state index >= 15 is 0 Å². The van der Waals surface area contributed by atoms with E-state index in [-0.39, 0.29) is 6.04 Å². The molecule has 0 aliphatic carbocycles. The molecule has 0 radical (unpaired) electrons. The van der Waals surface area contributed by atoms with Gasteiger partial charge in [-0.1, -0.05) is 35.6 Å². The number of thiazole rings is 1. The van der Waals surface area contributed by atoms with Crippen LogP contribution in [0, 0.1) is 0 Å². The summed E-state index contributed by atoms with van der Waals surface area (Å²) in [7, 11) is 4.22. The van der Waals surface area contributed by atoms with Gasteiger partial charge >= 0.3 is 0 Å². The fourth-order valence-electron chi connectivity index (χ4n) is 3.23. The Hall–Kier alpha value is -2.70. The van der Waals surface area contributed by atoms with Crippen molar-refractivity contribution >= 4 is 32.4 Å². The lowest BCUT2D eigenvalue weighted by Gasteiger charge is -2.30. The third-order valence-corrected chi connectivity index (χ3v) is 5.87. The van der Waals surface area contributed by atoms with Crippen molar-refractivity contribution in [3.05, 3.63) is 72.8 Å². The number of nitrogens with one attached hydrogen (secondary N) is 1. The largest absolute Gasteiger partial charge is 0.332 e. The molecule has 2 heterocycles. The molecular weight excluding hydrogens is 354 g/mol. The maximum atomic E-state index is 4.65. The first-order chi connectivity index (χ1) is 13.1. The van der Waals surface area contributed by atoms with Gasteiger partial charge in [0, 0.05) is 24.1 Å². The van der Waals surface area contributed by atoms with Crippen LogP contribution >= 0.6 is 11.3 Å². The van der Waals surface area contributed by atoms with Crippen molar-refractivity contribution in [2.24, 2.45) is 0 Å². The van der Waals surface area contributed by atoms with Gasteiger partial charge in [-0.25, -0.2) is 9.97 Å². The van der Waals surface area contributed by atoms with E-state index in [1.54, 1.807) is 11.3 Å². The Morgan fingerprint density at radius 2 is 1.85 bits per heavy atom. The highest BCUT2D eigenvalue weighted by Gasteiger charge is 2.22. The van der Waals surface area contributed by atoms with Crippen LogP contribution in [-0.4, -0.2) is 39.6 Å². The Labute approximate surface area is 163 Å². The van der Waals surface area contributed by atoms with Gasteiger partial charge in [0.15, 0.2) is 5.13 Å². The smallest absolute Gasteiger partial charge is 0.188 e. The topological polar surface area (TPSA) is 46.0 Å². The van der Waals surface area contributed by atoms with Crippen LogP contribution in [0.5, 0.6) is 0 Å². The van der Waals surface area contributed by atoms with Gasteiger partial charge in [0.05, 0.1) is 22.6 Å². The summed E-state index contributed by atoms with van der Waals surface area (Å²) in [6.07, 6.45) is 5.74. The number of benzene rings is 2. The fraction of sp³-hybridized carbons (Fsp3) is 0.238. The third-order valence-electron chi connectivity index (χ3n) is 4.91. The molecule has 0 amide bonds. The van der Waals surface area contributed by atoms with Crippen molar-refractivity contribution in [3.63, 3.8) is 0 Å². The molecule has 0 spiro atoms. The molecule has 1 unspecified atom stereocenters. The number of imidazole rings is 1. The third kappa shape index (κ3) is 3.72. The van der Waals surface area contributed by atoms with Crippen LogP contribution in [-0.2, 0) is 0 Å². The maximum Gasteiger partial charge on any atom is 0.188 e. The molecule has 2 atom stereocenters. The number of likely N-dealkylation sites (N-methyl/N-ethyl adjacent to an activating group) is 1. The SMILES string of the molecule is CC([C@H](c1ccc(Nc2nc3ccccc3s2)cc1)n1ccnc1)N(C)C. The summed E-state index contributed by atoms with van der Waals surface area (Å²) in [5.41, 5.74) is 3.32. The zero-order chi connectivity index (χ0) is 18.8.